The summed E-state index contributed by atoms with van der Waals surface area (Å²) in [5.41, 5.74) is 0.833. The van der Waals surface area contributed by atoms with Gasteiger partial charge < -0.3 is 20.1 Å². The Bertz CT molecular complexity index is 699. The van der Waals surface area contributed by atoms with Crippen molar-refractivity contribution >= 4 is 5.91 Å². The van der Waals surface area contributed by atoms with Gasteiger partial charge in [-0.3, -0.25) is 4.79 Å². The van der Waals surface area contributed by atoms with Crippen LogP contribution < -0.4 is 20.1 Å². The molecule has 2 heterocycles. The predicted molar refractivity (Wildman–Crippen MR) is 90.1 cm³/mol. The highest BCUT2D eigenvalue weighted by Crippen LogP contribution is 2.26. The molecule has 0 aliphatic carbocycles. The topological polar surface area (TPSA) is 72.5 Å². The summed E-state index contributed by atoms with van der Waals surface area (Å²) >= 11 is 0. The molecule has 2 aromatic rings. The fourth-order valence-electron chi connectivity index (χ4n) is 2.63. The standard InChI is InChI=1S/C18H21N3O3/c1-23-15-5-2-6-16(10-15)24-18-14(4-3-8-20-18)12-21-17(22)13-7-9-19-11-13/h2-6,8,10,13,19H,7,9,11-12H2,1H3,(H,21,22). The number of pyridine rings is 1. The molecule has 1 unspecified atom stereocenters. The zero-order valence-corrected chi connectivity index (χ0v) is 13.6. The highest BCUT2D eigenvalue weighted by Gasteiger charge is 2.22. The summed E-state index contributed by atoms with van der Waals surface area (Å²) < 4.78 is 11.1. The first-order valence-electron chi connectivity index (χ1n) is 8.00. The lowest BCUT2D eigenvalue weighted by molar-refractivity contribution is -0.124. The van der Waals surface area contributed by atoms with Gasteiger partial charge in [0.05, 0.1) is 13.0 Å². The molecule has 1 fully saturated rings. The van der Waals surface area contributed by atoms with E-state index in [2.05, 4.69) is 15.6 Å². The average molecular weight is 327 g/mol. The fraction of sp³-hybridized carbons (Fsp3) is 0.333. The van der Waals surface area contributed by atoms with E-state index >= 15 is 0 Å². The van der Waals surface area contributed by atoms with Gasteiger partial charge in [-0.15, -0.1) is 0 Å². The van der Waals surface area contributed by atoms with E-state index < -0.39 is 0 Å². The van der Waals surface area contributed by atoms with Crippen LogP contribution in [0.1, 0.15) is 12.0 Å². The van der Waals surface area contributed by atoms with Crippen molar-refractivity contribution in [3.8, 4) is 17.4 Å². The Labute approximate surface area is 141 Å². The Balaban J connectivity index is 1.67. The normalized spacial score (nSPS) is 16.6. The van der Waals surface area contributed by atoms with Crippen LogP contribution in [0.15, 0.2) is 42.6 Å². The maximum Gasteiger partial charge on any atom is 0.224 e. The van der Waals surface area contributed by atoms with Gasteiger partial charge in [0.15, 0.2) is 0 Å². The molecule has 1 amide bonds. The molecule has 0 spiro atoms. The largest absolute Gasteiger partial charge is 0.497 e. The number of benzene rings is 1. The van der Waals surface area contributed by atoms with E-state index in [1.807, 2.05) is 30.3 Å². The van der Waals surface area contributed by atoms with E-state index in [4.69, 9.17) is 9.47 Å². The molecule has 6 nitrogen and oxygen atoms in total. The number of nitrogens with zero attached hydrogens (tertiary/aromatic N) is 1. The van der Waals surface area contributed by atoms with Crippen LogP contribution >= 0.6 is 0 Å². The first-order chi connectivity index (χ1) is 11.8. The van der Waals surface area contributed by atoms with Crippen LogP contribution in [0.3, 0.4) is 0 Å². The second-order valence-electron chi connectivity index (χ2n) is 5.66. The Morgan fingerprint density at radius 2 is 2.21 bits per heavy atom. The van der Waals surface area contributed by atoms with Gasteiger partial charge in [-0.2, -0.15) is 0 Å². The fourth-order valence-corrected chi connectivity index (χ4v) is 2.63. The van der Waals surface area contributed by atoms with Crippen LogP contribution in [0, 0.1) is 5.92 Å². The first-order valence-corrected chi connectivity index (χ1v) is 8.00. The number of carbonyl (C=O) groups is 1. The molecule has 0 bridgehead atoms. The first kappa shape index (κ1) is 16.3. The molecule has 126 valence electrons. The van der Waals surface area contributed by atoms with Gasteiger partial charge >= 0.3 is 0 Å². The summed E-state index contributed by atoms with van der Waals surface area (Å²) in [4.78, 5) is 16.4. The maximum absolute atomic E-state index is 12.1. The summed E-state index contributed by atoms with van der Waals surface area (Å²) in [7, 11) is 1.61. The molecule has 0 radical (unpaired) electrons. The summed E-state index contributed by atoms with van der Waals surface area (Å²) in [6.07, 6.45) is 2.55. The SMILES string of the molecule is COc1cccc(Oc2ncccc2CNC(=O)C2CCNC2)c1. The third-order valence-corrected chi connectivity index (χ3v) is 3.99. The van der Waals surface area contributed by atoms with Gasteiger partial charge in [-0.25, -0.2) is 4.98 Å². The summed E-state index contributed by atoms with van der Waals surface area (Å²) in [5.74, 6) is 1.95. The molecule has 1 atom stereocenters. The maximum atomic E-state index is 12.1. The van der Waals surface area contributed by atoms with E-state index in [0.29, 0.717) is 23.9 Å². The van der Waals surface area contributed by atoms with Crippen molar-refractivity contribution in [2.75, 3.05) is 20.2 Å². The predicted octanol–water partition coefficient (Wildman–Crippen LogP) is 2.11. The molecule has 1 aromatic carbocycles. The molecule has 0 saturated carbocycles. The van der Waals surface area contributed by atoms with Crippen molar-refractivity contribution in [1.29, 1.82) is 0 Å². The highest BCUT2D eigenvalue weighted by molar-refractivity contribution is 5.79. The van der Waals surface area contributed by atoms with E-state index in [-0.39, 0.29) is 11.8 Å². The number of amides is 1. The number of ether oxygens (including phenoxy) is 2. The lowest BCUT2D eigenvalue weighted by atomic mass is 10.1. The number of methoxy groups -OCH3 is 1. The molecular formula is C18H21N3O3. The van der Waals surface area contributed by atoms with Gasteiger partial charge in [0.25, 0.3) is 0 Å². The summed E-state index contributed by atoms with van der Waals surface area (Å²) in [6.45, 7) is 2.03. The number of carbonyl (C=O) groups excluding carboxylic acids is 1. The lowest BCUT2D eigenvalue weighted by Gasteiger charge is -2.13. The molecule has 1 aromatic heterocycles. The zero-order chi connectivity index (χ0) is 16.8. The monoisotopic (exact) mass is 327 g/mol. The van der Waals surface area contributed by atoms with Crippen molar-refractivity contribution in [3.63, 3.8) is 0 Å². The highest BCUT2D eigenvalue weighted by atomic mass is 16.5. The number of hydrogen-bond donors (Lipinski definition) is 2. The molecule has 2 N–H and O–H groups in total. The zero-order valence-electron chi connectivity index (χ0n) is 13.6. The average Bonchev–Trinajstić information content (AvgIpc) is 3.16. The Hall–Kier alpha value is -2.60. The number of hydrogen-bond acceptors (Lipinski definition) is 5. The van der Waals surface area contributed by atoms with Crippen molar-refractivity contribution in [2.24, 2.45) is 5.92 Å². The van der Waals surface area contributed by atoms with Crippen LogP contribution in [0.25, 0.3) is 0 Å². The van der Waals surface area contributed by atoms with Gasteiger partial charge in [0.1, 0.15) is 11.5 Å². The van der Waals surface area contributed by atoms with Crippen LogP contribution in [-0.4, -0.2) is 31.1 Å². The van der Waals surface area contributed by atoms with Gasteiger partial charge in [0, 0.05) is 30.9 Å². The van der Waals surface area contributed by atoms with Crippen molar-refractivity contribution in [3.05, 3.63) is 48.2 Å². The minimum atomic E-state index is 0.0458. The smallest absolute Gasteiger partial charge is 0.224 e. The van der Waals surface area contributed by atoms with Crippen LogP contribution in [0.2, 0.25) is 0 Å². The number of aromatic nitrogens is 1. The number of nitrogens with one attached hydrogen (secondary N) is 2. The van der Waals surface area contributed by atoms with Crippen LogP contribution in [0.4, 0.5) is 0 Å². The van der Waals surface area contributed by atoms with Gasteiger partial charge in [0.2, 0.25) is 11.8 Å². The Morgan fingerprint density at radius 1 is 1.33 bits per heavy atom. The van der Waals surface area contributed by atoms with Gasteiger partial charge in [-0.05, 0) is 31.2 Å². The van der Waals surface area contributed by atoms with Crippen LogP contribution in [-0.2, 0) is 11.3 Å². The van der Waals surface area contributed by atoms with E-state index in [1.54, 1.807) is 19.4 Å². The molecule has 24 heavy (non-hydrogen) atoms. The second-order valence-corrected chi connectivity index (χ2v) is 5.66. The molecule has 1 saturated heterocycles. The molecule has 6 heteroatoms. The quantitative estimate of drug-likeness (QED) is 0.850. The second kappa shape index (κ2) is 7.79. The van der Waals surface area contributed by atoms with Gasteiger partial charge in [-0.1, -0.05) is 12.1 Å². The third kappa shape index (κ3) is 4.02. The minimum absolute atomic E-state index is 0.0458. The van der Waals surface area contributed by atoms with Crippen molar-refractivity contribution < 1.29 is 14.3 Å². The molecule has 1 aliphatic rings. The molecule has 1 aliphatic heterocycles. The Morgan fingerprint density at radius 3 is 3.00 bits per heavy atom. The third-order valence-electron chi connectivity index (χ3n) is 3.99. The van der Waals surface area contributed by atoms with Crippen molar-refractivity contribution in [1.82, 2.24) is 15.6 Å². The summed E-state index contributed by atoms with van der Waals surface area (Å²) in [5, 5.41) is 6.16. The van der Waals surface area contributed by atoms with Crippen molar-refractivity contribution in [2.45, 2.75) is 13.0 Å². The number of rotatable bonds is 6. The summed E-state index contributed by atoms with van der Waals surface area (Å²) in [6, 6.07) is 11.1. The minimum Gasteiger partial charge on any atom is -0.497 e. The Kier molecular flexibility index (Phi) is 5.28. The molecular weight excluding hydrogens is 306 g/mol. The van der Waals surface area contributed by atoms with E-state index in [9.17, 15) is 4.79 Å². The lowest BCUT2D eigenvalue weighted by Crippen LogP contribution is -2.31. The molecule has 3 rings (SSSR count). The van der Waals surface area contributed by atoms with E-state index in [0.717, 1.165) is 25.1 Å². The van der Waals surface area contributed by atoms with Crippen LogP contribution in [0.5, 0.6) is 17.4 Å². The van der Waals surface area contributed by atoms with E-state index in [1.165, 1.54) is 0 Å².